The second-order valence-electron chi connectivity index (χ2n) is 5.15. The van der Waals surface area contributed by atoms with E-state index in [1.165, 1.54) is 19.2 Å². The summed E-state index contributed by atoms with van der Waals surface area (Å²) >= 11 is 3.24. The van der Waals surface area contributed by atoms with Crippen molar-refractivity contribution in [2.45, 2.75) is 12.0 Å². The van der Waals surface area contributed by atoms with Crippen LogP contribution in [0.25, 0.3) is 0 Å². The van der Waals surface area contributed by atoms with E-state index in [9.17, 15) is 13.9 Å². The summed E-state index contributed by atoms with van der Waals surface area (Å²) in [6, 6.07) is 1.52. The number of phenolic OH excluding ortho intramolecular Hbond substituents is 1. The third kappa shape index (κ3) is 3.51. The normalized spacial score (nSPS) is 18.2. The summed E-state index contributed by atoms with van der Waals surface area (Å²) in [6.07, 6.45) is 0. The molecule has 124 valence electrons. The number of methoxy groups -OCH3 is 1. The molecule has 3 N–H and O–H groups in total. The summed E-state index contributed by atoms with van der Waals surface area (Å²) in [4.78, 5) is 1.56. The Morgan fingerprint density at radius 3 is 2.59 bits per heavy atom. The molecule has 0 bridgehead atoms. The van der Waals surface area contributed by atoms with Gasteiger partial charge in [-0.2, -0.15) is 0 Å². The van der Waals surface area contributed by atoms with Gasteiger partial charge in [0.25, 0.3) is 5.92 Å². The van der Waals surface area contributed by atoms with Crippen LogP contribution in [0.4, 0.5) is 8.78 Å². The summed E-state index contributed by atoms with van der Waals surface area (Å²) in [7, 11) is 1.36. The molecule has 8 heteroatoms. The van der Waals surface area contributed by atoms with Crippen LogP contribution in [0, 0.1) is 0 Å². The number of aromatic hydroxyl groups is 1. The number of alkyl halides is 2. The average Bonchev–Trinajstić information content (AvgIpc) is 2.51. The lowest BCUT2D eigenvalue weighted by atomic mass is 9.97. The van der Waals surface area contributed by atoms with Gasteiger partial charge < -0.3 is 20.3 Å². The van der Waals surface area contributed by atoms with Crippen LogP contribution >= 0.6 is 15.9 Å². The van der Waals surface area contributed by atoms with E-state index >= 15 is 0 Å². The lowest BCUT2D eigenvalue weighted by Gasteiger charge is -2.39. The number of halogens is 3. The van der Waals surface area contributed by atoms with Crippen LogP contribution in [0.15, 0.2) is 16.6 Å². The van der Waals surface area contributed by atoms with Crippen molar-refractivity contribution in [3.8, 4) is 11.5 Å². The van der Waals surface area contributed by atoms with Gasteiger partial charge >= 0.3 is 0 Å². The Labute approximate surface area is 136 Å². The van der Waals surface area contributed by atoms with E-state index in [1.807, 2.05) is 0 Å². The van der Waals surface area contributed by atoms with Crippen molar-refractivity contribution in [2.75, 3.05) is 39.9 Å². The molecule has 22 heavy (non-hydrogen) atoms. The van der Waals surface area contributed by atoms with E-state index < -0.39 is 18.6 Å². The predicted molar refractivity (Wildman–Crippen MR) is 81.6 cm³/mol. The third-order valence-corrected chi connectivity index (χ3v) is 4.17. The van der Waals surface area contributed by atoms with Crippen LogP contribution in [0.5, 0.6) is 11.5 Å². The molecule has 1 atom stereocenters. The number of hydrogen-bond donors (Lipinski definition) is 3. The van der Waals surface area contributed by atoms with Gasteiger partial charge in [0.15, 0.2) is 11.5 Å². The Kier molecular flexibility index (Phi) is 5.60. The zero-order chi connectivity index (χ0) is 16.3. The Hall–Kier alpha value is -0.960. The van der Waals surface area contributed by atoms with Crippen LogP contribution in [0.1, 0.15) is 11.6 Å². The minimum absolute atomic E-state index is 0.0344. The van der Waals surface area contributed by atoms with Crippen LogP contribution in [0.2, 0.25) is 0 Å². The first-order valence-electron chi connectivity index (χ1n) is 6.90. The minimum Gasteiger partial charge on any atom is -0.504 e. The molecule has 1 aliphatic rings. The van der Waals surface area contributed by atoms with Gasteiger partial charge in [-0.15, -0.1) is 0 Å². The molecule has 1 aliphatic heterocycles. The molecule has 1 aromatic rings. The molecule has 0 amide bonds. The molecule has 2 rings (SSSR count). The molecule has 0 unspecified atom stereocenters. The maximum atomic E-state index is 14.4. The number of rotatable bonds is 5. The SMILES string of the molecule is COc1cc(Br)cc([C@@H](N2CCNCC2)C(F)(F)CO)c1O. The molecule has 0 aliphatic carbocycles. The highest BCUT2D eigenvalue weighted by Gasteiger charge is 2.45. The Bertz CT molecular complexity index is 525. The number of hydrogen-bond acceptors (Lipinski definition) is 5. The van der Waals surface area contributed by atoms with E-state index in [0.717, 1.165) is 0 Å². The first-order chi connectivity index (χ1) is 10.4. The zero-order valence-corrected chi connectivity index (χ0v) is 13.7. The number of ether oxygens (including phenoxy) is 1. The molecular formula is C14H19BrF2N2O3. The number of piperazine rings is 1. The minimum atomic E-state index is -3.39. The van der Waals surface area contributed by atoms with E-state index in [4.69, 9.17) is 9.84 Å². The largest absolute Gasteiger partial charge is 0.504 e. The van der Waals surface area contributed by atoms with Crippen molar-refractivity contribution in [3.63, 3.8) is 0 Å². The Morgan fingerprint density at radius 1 is 1.41 bits per heavy atom. The molecule has 1 heterocycles. The lowest BCUT2D eigenvalue weighted by molar-refractivity contribution is -0.119. The van der Waals surface area contributed by atoms with Crippen molar-refractivity contribution in [1.29, 1.82) is 0 Å². The Balaban J connectivity index is 2.51. The molecule has 1 aromatic carbocycles. The topological polar surface area (TPSA) is 65.0 Å². The number of aliphatic hydroxyl groups excluding tert-OH is 1. The molecule has 0 aromatic heterocycles. The second kappa shape index (κ2) is 7.08. The van der Waals surface area contributed by atoms with Gasteiger partial charge in [0, 0.05) is 36.2 Å². The monoisotopic (exact) mass is 380 g/mol. The van der Waals surface area contributed by atoms with Gasteiger partial charge in [0.05, 0.1) is 7.11 Å². The standard InChI is InChI=1S/C14H19BrF2N2O3/c1-22-11-7-9(15)6-10(12(11)21)13(14(16,17)8-20)19-4-2-18-3-5-19/h6-7,13,18,20-21H,2-5,8H2,1H3/t13-/m1/s1. The van der Waals surface area contributed by atoms with Crippen LogP contribution in [-0.4, -0.2) is 60.9 Å². The van der Waals surface area contributed by atoms with Crippen molar-refractivity contribution in [2.24, 2.45) is 0 Å². The highest BCUT2D eigenvalue weighted by Crippen LogP contribution is 2.45. The predicted octanol–water partition coefficient (Wildman–Crippen LogP) is 1.74. The maximum Gasteiger partial charge on any atom is 0.290 e. The van der Waals surface area contributed by atoms with E-state index in [2.05, 4.69) is 21.2 Å². The molecule has 0 saturated carbocycles. The van der Waals surface area contributed by atoms with Gasteiger partial charge in [0.1, 0.15) is 12.6 Å². The van der Waals surface area contributed by atoms with Crippen LogP contribution in [0.3, 0.4) is 0 Å². The summed E-state index contributed by atoms with van der Waals surface area (Å²) in [5.74, 6) is -3.61. The number of aliphatic hydroxyl groups is 1. The first kappa shape index (κ1) is 17.4. The summed E-state index contributed by atoms with van der Waals surface area (Å²) in [5, 5.41) is 22.5. The van der Waals surface area contributed by atoms with E-state index in [-0.39, 0.29) is 17.1 Å². The third-order valence-electron chi connectivity index (χ3n) is 3.71. The van der Waals surface area contributed by atoms with Gasteiger partial charge in [-0.3, -0.25) is 4.90 Å². The first-order valence-corrected chi connectivity index (χ1v) is 7.70. The van der Waals surface area contributed by atoms with Crippen molar-refractivity contribution in [1.82, 2.24) is 10.2 Å². The van der Waals surface area contributed by atoms with Gasteiger partial charge in [0.2, 0.25) is 0 Å². The molecular weight excluding hydrogens is 362 g/mol. The maximum absolute atomic E-state index is 14.4. The molecule has 0 spiro atoms. The number of phenols is 1. The van der Waals surface area contributed by atoms with Crippen molar-refractivity contribution >= 4 is 15.9 Å². The summed E-state index contributed by atoms with van der Waals surface area (Å²) in [6.45, 7) is 0.646. The fraction of sp³-hybridized carbons (Fsp3) is 0.571. The van der Waals surface area contributed by atoms with Crippen LogP contribution in [-0.2, 0) is 0 Å². The van der Waals surface area contributed by atoms with Crippen molar-refractivity contribution in [3.05, 3.63) is 22.2 Å². The van der Waals surface area contributed by atoms with E-state index in [1.54, 1.807) is 4.90 Å². The highest BCUT2D eigenvalue weighted by atomic mass is 79.9. The lowest BCUT2D eigenvalue weighted by Crippen LogP contribution is -2.51. The van der Waals surface area contributed by atoms with E-state index in [0.29, 0.717) is 30.7 Å². The van der Waals surface area contributed by atoms with Crippen molar-refractivity contribution < 1.29 is 23.7 Å². The molecule has 0 radical (unpaired) electrons. The fourth-order valence-corrected chi connectivity index (χ4v) is 3.13. The average molecular weight is 381 g/mol. The van der Waals surface area contributed by atoms with Gasteiger partial charge in [-0.05, 0) is 12.1 Å². The van der Waals surface area contributed by atoms with Gasteiger partial charge in [-0.25, -0.2) is 8.78 Å². The van der Waals surface area contributed by atoms with Gasteiger partial charge in [-0.1, -0.05) is 15.9 Å². The smallest absolute Gasteiger partial charge is 0.290 e. The fourth-order valence-electron chi connectivity index (χ4n) is 2.68. The summed E-state index contributed by atoms with van der Waals surface area (Å²) in [5.41, 5.74) is 0.0344. The number of benzene rings is 1. The second-order valence-corrected chi connectivity index (χ2v) is 6.07. The number of nitrogens with one attached hydrogen (secondary N) is 1. The Morgan fingerprint density at radius 2 is 2.05 bits per heavy atom. The zero-order valence-electron chi connectivity index (χ0n) is 12.2. The molecule has 1 fully saturated rings. The van der Waals surface area contributed by atoms with Crippen LogP contribution < -0.4 is 10.1 Å². The summed E-state index contributed by atoms with van der Waals surface area (Å²) < 4.78 is 34.3. The number of nitrogens with zero attached hydrogens (tertiary/aromatic N) is 1. The molecule has 5 nitrogen and oxygen atoms in total. The molecule has 1 saturated heterocycles. The quantitative estimate of drug-likeness (QED) is 0.725. The highest BCUT2D eigenvalue weighted by molar-refractivity contribution is 9.10.